The van der Waals surface area contributed by atoms with Gasteiger partial charge in [-0.05, 0) is 44.5 Å². The second kappa shape index (κ2) is 7.19. The summed E-state index contributed by atoms with van der Waals surface area (Å²) in [5.41, 5.74) is 2.86. The Kier molecular flexibility index (Phi) is 5.03. The maximum absolute atomic E-state index is 14.0. The van der Waals surface area contributed by atoms with E-state index in [1.54, 1.807) is 28.6 Å². The molecule has 0 spiro atoms. The minimum atomic E-state index is -0.465. The van der Waals surface area contributed by atoms with Gasteiger partial charge in [0.1, 0.15) is 5.82 Å². The summed E-state index contributed by atoms with van der Waals surface area (Å²) in [5, 5.41) is 3.32. The molecule has 1 saturated heterocycles. The smallest absolute Gasteiger partial charge is 0.257 e. The molecule has 3 rings (SSSR count). The minimum absolute atomic E-state index is 0.139. The van der Waals surface area contributed by atoms with E-state index in [0.717, 1.165) is 30.1 Å². The molecule has 1 unspecified atom stereocenters. The third-order valence-corrected chi connectivity index (χ3v) is 5.13. The molecule has 0 bridgehead atoms. The van der Waals surface area contributed by atoms with E-state index in [0.29, 0.717) is 19.0 Å². The van der Waals surface area contributed by atoms with Crippen LogP contribution in [0.15, 0.2) is 29.8 Å². The van der Waals surface area contributed by atoms with E-state index in [9.17, 15) is 9.18 Å². The van der Waals surface area contributed by atoms with Gasteiger partial charge in [0.15, 0.2) is 0 Å². The summed E-state index contributed by atoms with van der Waals surface area (Å²) in [4.78, 5) is 19.9. The Hall–Kier alpha value is -1.79. The molecule has 1 N–H and O–H groups in total. The summed E-state index contributed by atoms with van der Waals surface area (Å²) in [6, 6.07) is 6.19. The number of amides is 1. The second-order valence-electron chi connectivity index (χ2n) is 5.89. The SMILES string of the molecule is Cc1ncsc1CN(CC1CCNC1)C(=O)c1ccccc1F. The predicted molar refractivity (Wildman–Crippen MR) is 89.0 cm³/mol. The fourth-order valence-corrected chi connectivity index (χ4v) is 3.65. The van der Waals surface area contributed by atoms with Crippen LogP contribution in [0.4, 0.5) is 4.39 Å². The van der Waals surface area contributed by atoms with Crippen molar-refractivity contribution in [3.63, 3.8) is 0 Å². The molecule has 23 heavy (non-hydrogen) atoms. The number of aromatic nitrogens is 1. The molecule has 1 aromatic heterocycles. The van der Waals surface area contributed by atoms with E-state index in [1.807, 2.05) is 6.92 Å². The summed E-state index contributed by atoms with van der Waals surface area (Å²) >= 11 is 1.54. The molecule has 4 nitrogen and oxygen atoms in total. The quantitative estimate of drug-likeness (QED) is 0.915. The Bertz CT molecular complexity index is 682. The van der Waals surface area contributed by atoms with Crippen LogP contribution in [0.3, 0.4) is 0 Å². The maximum atomic E-state index is 14.0. The van der Waals surface area contributed by atoms with Crippen LogP contribution in [0.5, 0.6) is 0 Å². The Morgan fingerprint density at radius 1 is 1.48 bits per heavy atom. The first-order chi connectivity index (χ1) is 11.1. The van der Waals surface area contributed by atoms with Crippen LogP contribution in [-0.4, -0.2) is 35.4 Å². The van der Waals surface area contributed by atoms with Crippen molar-refractivity contribution in [2.45, 2.75) is 19.9 Å². The number of aryl methyl sites for hydroxylation is 1. The number of nitrogens with zero attached hydrogens (tertiary/aromatic N) is 2. The van der Waals surface area contributed by atoms with Gasteiger partial charge in [0.25, 0.3) is 5.91 Å². The van der Waals surface area contributed by atoms with Crippen molar-refractivity contribution in [2.75, 3.05) is 19.6 Å². The Morgan fingerprint density at radius 2 is 2.30 bits per heavy atom. The molecule has 122 valence electrons. The number of thiazole rings is 1. The summed E-state index contributed by atoms with van der Waals surface area (Å²) in [6.45, 7) is 4.95. The fourth-order valence-electron chi connectivity index (χ4n) is 2.86. The van der Waals surface area contributed by atoms with Crippen LogP contribution >= 0.6 is 11.3 Å². The van der Waals surface area contributed by atoms with Crippen molar-refractivity contribution in [3.8, 4) is 0 Å². The van der Waals surface area contributed by atoms with Gasteiger partial charge in [-0.15, -0.1) is 11.3 Å². The fraction of sp³-hybridized carbons (Fsp3) is 0.412. The van der Waals surface area contributed by atoms with Crippen LogP contribution in [0.2, 0.25) is 0 Å². The van der Waals surface area contributed by atoms with Crippen molar-refractivity contribution in [2.24, 2.45) is 5.92 Å². The number of rotatable bonds is 5. The molecule has 1 fully saturated rings. The number of carbonyl (C=O) groups is 1. The molecule has 2 aromatic rings. The number of hydrogen-bond donors (Lipinski definition) is 1. The molecule has 1 atom stereocenters. The molecule has 1 aliphatic rings. The van der Waals surface area contributed by atoms with Crippen LogP contribution in [0, 0.1) is 18.7 Å². The topological polar surface area (TPSA) is 45.2 Å². The second-order valence-corrected chi connectivity index (χ2v) is 6.82. The lowest BCUT2D eigenvalue weighted by molar-refractivity contribution is 0.0715. The average molecular weight is 333 g/mol. The molecule has 1 aliphatic heterocycles. The van der Waals surface area contributed by atoms with Gasteiger partial charge in [0.05, 0.1) is 23.3 Å². The highest BCUT2D eigenvalue weighted by molar-refractivity contribution is 7.09. The average Bonchev–Trinajstić information content (AvgIpc) is 3.19. The van der Waals surface area contributed by atoms with Crippen LogP contribution in [0.1, 0.15) is 27.3 Å². The van der Waals surface area contributed by atoms with Crippen LogP contribution in [0.25, 0.3) is 0 Å². The molecule has 1 aromatic carbocycles. The number of benzene rings is 1. The van der Waals surface area contributed by atoms with Gasteiger partial charge in [0, 0.05) is 11.4 Å². The van der Waals surface area contributed by atoms with E-state index in [1.165, 1.54) is 17.4 Å². The van der Waals surface area contributed by atoms with Gasteiger partial charge < -0.3 is 10.2 Å². The van der Waals surface area contributed by atoms with Crippen molar-refractivity contribution in [1.29, 1.82) is 0 Å². The molecule has 0 radical (unpaired) electrons. The molecule has 1 amide bonds. The third kappa shape index (κ3) is 3.76. The molecule has 2 heterocycles. The van der Waals surface area contributed by atoms with E-state index in [4.69, 9.17) is 0 Å². The Morgan fingerprint density at radius 3 is 2.96 bits per heavy atom. The van der Waals surface area contributed by atoms with Crippen molar-refractivity contribution >= 4 is 17.2 Å². The minimum Gasteiger partial charge on any atom is -0.333 e. The van der Waals surface area contributed by atoms with E-state index in [-0.39, 0.29) is 11.5 Å². The molecular weight excluding hydrogens is 313 g/mol. The molecular formula is C17H20FN3OS. The van der Waals surface area contributed by atoms with Gasteiger partial charge in [-0.25, -0.2) is 9.37 Å². The van der Waals surface area contributed by atoms with E-state index < -0.39 is 5.82 Å². The number of halogens is 1. The largest absolute Gasteiger partial charge is 0.333 e. The van der Waals surface area contributed by atoms with Gasteiger partial charge in [-0.2, -0.15) is 0 Å². The molecule has 6 heteroatoms. The standard InChI is InChI=1S/C17H20FN3OS/c1-12-16(23-11-20-12)10-21(9-13-6-7-19-8-13)17(22)14-4-2-3-5-15(14)18/h2-5,11,13,19H,6-10H2,1H3. The zero-order chi connectivity index (χ0) is 16.2. The van der Waals surface area contributed by atoms with Gasteiger partial charge in [-0.1, -0.05) is 12.1 Å². The summed E-state index contributed by atoms with van der Waals surface area (Å²) < 4.78 is 14.0. The van der Waals surface area contributed by atoms with Crippen molar-refractivity contribution in [1.82, 2.24) is 15.2 Å². The van der Waals surface area contributed by atoms with Gasteiger partial charge >= 0.3 is 0 Å². The van der Waals surface area contributed by atoms with Crippen molar-refractivity contribution in [3.05, 3.63) is 51.7 Å². The van der Waals surface area contributed by atoms with Crippen LogP contribution in [-0.2, 0) is 6.54 Å². The zero-order valence-electron chi connectivity index (χ0n) is 13.1. The zero-order valence-corrected chi connectivity index (χ0v) is 13.9. The Labute approximate surface area is 139 Å². The predicted octanol–water partition coefficient (Wildman–Crippen LogP) is 2.84. The highest BCUT2D eigenvalue weighted by Crippen LogP contribution is 2.20. The highest BCUT2D eigenvalue weighted by Gasteiger charge is 2.25. The van der Waals surface area contributed by atoms with Crippen molar-refractivity contribution < 1.29 is 9.18 Å². The first kappa shape index (κ1) is 16.1. The lowest BCUT2D eigenvalue weighted by Crippen LogP contribution is -2.36. The normalized spacial score (nSPS) is 17.4. The van der Waals surface area contributed by atoms with Gasteiger partial charge in [-0.3, -0.25) is 4.79 Å². The maximum Gasteiger partial charge on any atom is 0.257 e. The lowest BCUT2D eigenvalue weighted by Gasteiger charge is -2.25. The molecule has 0 saturated carbocycles. The number of nitrogens with one attached hydrogen (secondary N) is 1. The Balaban J connectivity index is 1.83. The summed E-state index contributed by atoms with van der Waals surface area (Å²) in [7, 11) is 0. The highest BCUT2D eigenvalue weighted by atomic mass is 32.1. The monoisotopic (exact) mass is 333 g/mol. The number of hydrogen-bond acceptors (Lipinski definition) is 4. The number of carbonyl (C=O) groups excluding carboxylic acids is 1. The van der Waals surface area contributed by atoms with E-state index >= 15 is 0 Å². The first-order valence-electron chi connectivity index (χ1n) is 7.78. The summed E-state index contributed by atoms with van der Waals surface area (Å²) in [6.07, 6.45) is 1.04. The lowest BCUT2D eigenvalue weighted by atomic mass is 10.1. The summed E-state index contributed by atoms with van der Waals surface area (Å²) in [5.74, 6) is -0.296. The first-order valence-corrected chi connectivity index (χ1v) is 8.66. The molecule has 0 aliphatic carbocycles. The van der Waals surface area contributed by atoms with Gasteiger partial charge in [0.2, 0.25) is 0 Å². The van der Waals surface area contributed by atoms with Crippen LogP contribution < -0.4 is 5.32 Å². The third-order valence-electron chi connectivity index (χ3n) is 4.21. The van der Waals surface area contributed by atoms with E-state index in [2.05, 4.69) is 10.3 Å².